The van der Waals surface area contributed by atoms with Crippen molar-refractivity contribution in [2.24, 2.45) is 0 Å². The van der Waals surface area contributed by atoms with Gasteiger partial charge in [-0.05, 0) is 30.7 Å². The molecule has 0 radical (unpaired) electrons. The van der Waals surface area contributed by atoms with Crippen LogP contribution < -0.4 is 0 Å². The van der Waals surface area contributed by atoms with Crippen molar-refractivity contribution in [3.05, 3.63) is 63.9 Å². The van der Waals surface area contributed by atoms with Crippen LogP contribution in [0, 0.1) is 5.82 Å². The lowest BCUT2D eigenvalue weighted by molar-refractivity contribution is 0.427. The molecule has 0 spiro atoms. The molecule has 1 aliphatic rings. The molecule has 0 N–H and O–H groups in total. The van der Waals surface area contributed by atoms with Crippen molar-refractivity contribution in [1.29, 1.82) is 0 Å². The Morgan fingerprint density at radius 3 is 2.64 bits per heavy atom. The summed E-state index contributed by atoms with van der Waals surface area (Å²) in [5, 5.41) is 0.389. The number of thioether (sulfide) groups is 1. The van der Waals surface area contributed by atoms with Crippen molar-refractivity contribution in [2.75, 3.05) is 18.8 Å². The third kappa shape index (κ3) is 4.14. The highest BCUT2D eigenvalue weighted by Crippen LogP contribution is 2.37. The Balaban J connectivity index is 1.83. The second-order valence-corrected chi connectivity index (χ2v) is 9.71. The highest BCUT2D eigenvalue weighted by molar-refractivity contribution is 7.99. The monoisotopic (exact) mass is 419 g/mol. The van der Waals surface area contributed by atoms with Crippen LogP contribution in [0.2, 0.25) is 10.0 Å². The van der Waals surface area contributed by atoms with Crippen LogP contribution in [0.5, 0.6) is 0 Å². The predicted octanol–water partition coefficient (Wildman–Crippen LogP) is 5.00. The molecule has 1 saturated heterocycles. The number of hydrogen-bond donors (Lipinski definition) is 0. The van der Waals surface area contributed by atoms with E-state index in [9.17, 15) is 12.8 Å². The maximum atomic E-state index is 14.0. The standard InChI is InChI=1S/C17H16Cl2FNO2S2/c18-12-5-6-14(19)17(11-12)25(22,23)21-8-7-16(24-10-9-21)13-3-1-2-4-15(13)20/h1-6,11,16H,7-10H2. The molecule has 0 saturated carbocycles. The number of rotatable bonds is 3. The smallest absolute Gasteiger partial charge is 0.207 e. The van der Waals surface area contributed by atoms with Gasteiger partial charge >= 0.3 is 0 Å². The average Bonchev–Trinajstić information content (AvgIpc) is 2.84. The van der Waals surface area contributed by atoms with Crippen LogP contribution >= 0.6 is 35.0 Å². The first-order valence-corrected chi connectivity index (χ1v) is 11.0. The van der Waals surface area contributed by atoms with E-state index in [-0.39, 0.29) is 21.0 Å². The second-order valence-electron chi connectivity index (χ2n) is 5.65. The van der Waals surface area contributed by atoms with E-state index < -0.39 is 10.0 Å². The zero-order valence-electron chi connectivity index (χ0n) is 13.2. The molecule has 3 rings (SSSR count). The van der Waals surface area contributed by atoms with Crippen LogP contribution in [0.25, 0.3) is 0 Å². The summed E-state index contributed by atoms with van der Waals surface area (Å²) < 4.78 is 41.3. The number of halogens is 3. The number of benzene rings is 2. The van der Waals surface area contributed by atoms with Gasteiger partial charge in [0.15, 0.2) is 0 Å². The maximum Gasteiger partial charge on any atom is 0.244 e. The van der Waals surface area contributed by atoms with Gasteiger partial charge in [-0.15, -0.1) is 0 Å². The molecule has 3 nitrogen and oxygen atoms in total. The fourth-order valence-corrected chi connectivity index (χ4v) is 6.35. The molecule has 2 aromatic carbocycles. The van der Waals surface area contributed by atoms with E-state index in [1.54, 1.807) is 36.0 Å². The Bertz CT molecular complexity index is 877. The van der Waals surface area contributed by atoms with Crippen LogP contribution in [-0.2, 0) is 10.0 Å². The topological polar surface area (TPSA) is 37.4 Å². The zero-order chi connectivity index (χ0) is 18.0. The summed E-state index contributed by atoms with van der Waals surface area (Å²) in [5.74, 6) is 0.324. The molecule has 0 aromatic heterocycles. The van der Waals surface area contributed by atoms with Crippen LogP contribution in [-0.4, -0.2) is 31.6 Å². The van der Waals surface area contributed by atoms with E-state index in [0.717, 1.165) is 0 Å². The van der Waals surface area contributed by atoms with Crippen molar-refractivity contribution in [1.82, 2.24) is 4.31 Å². The minimum atomic E-state index is -3.74. The fraction of sp³-hybridized carbons (Fsp3) is 0.294. The van der Waals surface area contributed by atoms with Gasteiger partial charge < -0.3 is 0 Å². The highest BCUT2D eigenvalue weighted by Gasteiger charge is 2.30. The lowest BCUT2D eigenvalue weighted by Crippen LogP contribution is -2.33. The Labute approximate surface area is 161 Å². The molecule has 0 aliphatic carbocycles. The fourth-order valence-electron chi connectivity index (χ4n) is 2.79. The van der Waals surface area contributed by atoms with Crippen molar-refractivity contribution in [3.63, 3.8) is 0 Å². The van der Waals surface area contributed by atoms with Crippen molar-refractivity contribution in [3.8, 4) is 0 Å². The summed E-state index contributed by atoms with van der Waals surface area (Å²) in [6.07, 6.45) is 0.531. The van der Waals surface area contributed by atoms with Gasteiger partial charge in [0, 0.05) is 34.7 Å². The van der Waals surface area contributed by atoms with Gasteiger partial charge in [0.1, 0.15) is 10.7 Å². The average molecular weight is 420 g/mol. The van der Waals surface area contributed by atoms with Crippen molar-refractivity contribution in [2.45, 2.75) is 16.6 Å². The third-order valence-corrected chi connectivity index (χ3v) is 7.99. The molecule has 8 heteroatoms. The van der Waals surface area contributed by atoms with Gasteiger partial charge in [-0.3, -0.25) is 0 Å². The van der Waals surface area contributed by atoms with E-state index >= 15 is 0 Å². The Morgan fingerprint density at radius 2 is 1.88 bits per heavy atom. The summed E-state index contributed by atoms with van der Waals surface area (Å²) in [6, 6.07) is 11.0. The molecule has 1 aliphatic heterocycles. The zero-order valence-corrected chi connectivity index (χ0v) is 16.3. The van der Waals surface area contributed by atoms with E-state index in [2.05, 4.69) is 0 Å². The molecular formula is C17H16Cl2FNO2S2. The number of nitrogens with zero attached hydrogens (tertiary/aromatic N) is 1. The van der Waals surface area contributed by atoms with Gasteiger partial charge in [0.25, 0.3) is 0 Å². The molecule has 1 atom stereocenters. The van der Waals surface area contributed by atoms with Crippen molar-refractivity contribution >= 4 is 45.0 Å². The Kier molecular flexibility index (Phi) is 5.96. The first kappa shape index (κ1) is 19.0. The normalized spacial score (nSPS) is 19.6. The lowest BCUT2D eigenvalue weighted by Gasteiger charge is -2.21. The van der Waals surface area contributed by atoms with E-state index in [1.165, 1.54) is 22.5 Å². The van der Waals surface area contributed by atoms with E-state index in [1.807, 2.05) is 0 Å². The van der Waals surface area contributed by atoms with E-state index in [4.69, 9.17) is 23.2 Å². The quantitative estimate of drug-likeness (QED) is 0.701. The summed E-state index contributed by atoms with van der Waals surface area (Å²) in [6.45, 7) is 0.651. The van der Waals surface area contributed by atoms with Gasteiger partial charge in [-0.25, -0.2) is 12.8 Å². The summed E-state index contributed by atoms with van der Waals surface area (Å²) in [7, 11) is -3.74. The Hall–Kier alpha value is -0.790. The van der Waals surface area contributed by atoms with Gasteiger partial charge in [-0.1, -0.05) is 41.4 Å². The van der Waals surface area contributed by atoms with Crippen LogP contribution in [0.15, 0.2) is 47.4 Å². The predicted molar refractivity (Wildman–Crippen MR) is 101 cm³/mol. The van der Waals surface area contributed by atoms with E-state index in [0.29, 0.717) is 35.8 Å². The molecule has 0 bridgehead atoms. The molecule has 1 fully saturated rings. The lowest BCUT2D eigenvalue weighted by atomic mass is 10.1. The third-order valence-electron chi connectivity index (χ3n) is 4.06. The van der Waals surface area contributed by atoms with Gasteiger partial charge in [0.05, 0.1) is 5.02 Å². The first-order valence-electron chi connectivity index (χ1n) is 7.71. The Morgan fingerprint density at radius 1 is 1.12 bits per heavy atom. The molecule has 134 valence electrons. The maximum absolute atomic E-state index is 14.0. The largest absolute Gasteiger partial charge is 0.244 e. The number of sulfonamides is 1. The molecule has 1 unspecified atom stereocenters. The second kappa shape index (κ2) is 7.84. The summed E-state index contributed by atoms with van der Waals surface area (Å²) >= 11 is 13.6. The minimum absolute atomic E-state index is 0.0102. The van der Waals surface area contributed by atoms with Crippen LogP contribution in [0.4, 0.5) is 4.39 Å². The SMILES string of the molecule is O=S(=O)(c1cc(Cl)ccc1Cl)N1CCSC(c2ccccc2F)CC1. The van der Waals surface area contributed by atoms with Crippen LogP contribution in [0.3, 0.4) is 0 Å². The van der Waals surface area contributed by atoms with Gasteiger partial charge in [-0.2, -0.15) is 16.1 Å². The molecular weight excluding hydrogens is 404 g/mol. The van der Waals surface area contributed by atoms with Crippen molar-refractivity contribution < 1.29 is 12.8 Å². The van der Waals surface area contributed by atoms with Gasteiger partial charge in [0.2, 0.25) is 10.0 Å². The molecule has 0 amide bonds. The first-order chi connectivity index (χ1) is 11.9. The highest BCUT2D eigenvalue weighted by atomic mass is 35.5. The summed E-state index contributed by atoms with van der Waals surface area (Å²) in [4.78, 5) is 0.0102. The molecule has 2 aromatic rings. The minimum Gasteiger partial charge on any atom is -0.207 e. The van der Waals surface area contributed by atoms with Crippen LogP contribution in [0.1, 0.15) is 17.2 Å². The number of hydrogen-bond acceptors (Lipinski definition) is 3. The summed E-state index contributed by atoms with van der Waals surface area (Å²) in [5.41, 5.74) is 0.618. The molecule has 1 heterocycles. The molecule has 25 heavy (non-hydrogen) atoms.